The minimum Gasteiger partial charge on any atom is -0.464 e. The van der Waals surface area contributed by atoms with Gasteiger partial charge in [0.25, 0.3) is 0 Å². The van der Waals surface area contributed by atoms with Crippen molar-refractivity contribution in [1.29, 1.82) is 0 Å². The zero-order valence-electron chi connectivity index (χ0n) is 8.37. The summed E-state index contributed by atoms with van der Waals surface area (Å²) < 4.78 is 10.2. The van der Waals surface area contributed by atoms with Crippen LogP contribution in [-0.4, -0.2) is 24.3 Å². The van der Waals surface area contributed by atoms with E-state index < -0.39 is 11.7 Å². The lowest BCUT2D eigenvalue weighted by Crippen LogP contribution is -2.25. The van der Waals surface area contributed by atoms with Gasteiger partial charge in [0.15, 0.2) is 6.10 Å². The molecule has 0 aromatic rings. The summed E-state index contributed by atoms with van der Waals surface area (Å²) in [7, 11) is 0. The highest BCUT2D eigenvalue weighted by Gasteiger charge is 2.60. The van der Waals surface area contributed by atoms with Crippen molar-refractivity contribution in [3.8, 4) is 0 Å². The molecular weight excluding hydrogens is 168 g/mol. The summed E-state index contributed by atoms with van der Waals surface area (Å²) in [6.07, 6.45) is 1.39. The fourth-order valence-corrected chi connectivity index (χ4v) is 1.30. The molecule has 3 nitrogen and oxygen atoms in total. The lowest BCUT2D eigenvalue weighted by molar-refractivity contribution is -0.144. The van der Waals surface area contributed by atoms with Crippen LogP contribution < -0.4 is 0 Å². The van der Waals surface area contributed by atoms with Gasteiger partial charge in [-0.05, 0) is 13.8 Å². The molecule has 0 saturated carbocycles. The van der Waals surface area contributed by atoms with Crippen LogP contribution in [0, 0.1) is 5.92 Å². The molecule has 1 saturated heterocycles. The van der Waals surface area contributed by atoms with Crippen molar-refractivity contribution < 1.29 is 14.3 Å². The van der Waals surface area contributed by atoms with Gasteiger partial charge < -0.3 is 9.47 Å². The maximum Gasteiger partial charge on any atom is 0.338 e. The molecule has 0 N–H and O–H groups in total. The fraction of sp³-hybridized carbons (Fsp3) is 0.700. The zero-order valence-corrected chi connectivity index (χ0v) is 8.37. The van der Waals surface area contributed by atoms with Gasteiger partial charge in [-0.3, -0.25) is 0 Å². The molecule has 0 bridgehead atoms. The number of rotatable bonds is 4. The van der Waals surface area contributed by atoms with Crippen LogP contribution in [0.4, 0.5) is 0 Å². The van der Waals surface area contributed by atoms with E-state index in [1.807, 2.05) is 13.8 Å². The molecule has 1 fully saturated rings. The molecule has 0 amide bonds. The molecule has 3 atom stereocenters. The number of hydrogen-bond donors (Lipinski definition) is 0. The van der Waals surface area contributed by atoms with E-state index in [4.69, 9.17) is 9.47 Å². The van der Waals surface area contributed by atoms with Crippen LogP contribution in [0.25, 0.3) is 0 Å². The smallest absolute Gasteiger partial charge is 0.338 e. The third-order valence-electron chi connectivity index (χ3n) is 2.59. The third kappa shape index (κ3) is 1.75. The highest BCUT2D eigenvalue weighted by atomic mass is 16.7. The average molecular weight is 184 g/mol. The van der Waals surface area contributed by atoms with Gasteiger partial charge in [-0.25, -0.2) is 4.79 Å². The molecule has 0 aromatic heterocycles. The van der Waals surface area contributed by atoms with Gasteiger partial charge in [-0.2, -0.15) is 0 Å². The second kappa shape index (κ2) is 3.50. The molecule has 0 aliphatic carbocycles. The summed E-state index contributed by atoms with van der Waals surface area (Å²) in [6, 6.07) is 0. The first-order valence-electron chi connectivity index (χ1n) is 4.53. The Morgan fingerprint density at radius 2 is 2.46 bits per heavy atom. The topological polar surface area (TPSA) is 38.8 Å². The van der Waals surface area contributed by atoms with Crippen LogP contribution in [0.5, 0.6) is 0 Å². The van der Waals surface area contributed by atoms with E-state index in [1.165, 1.54) is 0 Å². The van der Waals surface area contributed by atoms with Gasteiger partial charge in [0.2, 0.25) is 0 Å². The summed E-state index contributed by atoms with van der Waals surface area (Å²) in [6.45, 7) is 9.74. The van der Waals surface area contributed by atoms with Gasteiger partial charge in [-0.1, -0.05) is 13.0 Å². The van der Waals surface area contributed by atoms with E-state index in [1.54, 1.807) is 13.0 Å². The molecule has 1 aliphatic heterocycles. The Labute approximate surface area is 78.7 Å². The second-order valence-electron chi connectivity index (χ2n) is 3.46. The minimum atomic E-state index is -0.402. The van der Waals surface area contributed by atoms with E-state index >= 15 is 0 Å². The molecular formula is C10H16O3. The van der Waals surface area contributed by atoms with Crippen molar-refractivity contribution in [2.24, 2.45) is 5.92 Å². The molecule has 74 valence electrons. The summed E-state index contributed by atoms with van der Waals surface area (Å²) in [4.78, 5) is 11.3. The van der Waals surface area contributed by atoms with Crippen LogP contribution in [0.1, 0.15) is 20.8 Å². The largest absolute Gasteiger partial charge is 0.464 e. The van der Waals surface area contributed by atoms with Crippen LogP contribution in [0.15, 0.2) is 12.7 Å². The SMILES string of the molecule is C=CC(C)[C@@]1(C)O[C@@H]1C(=O)OCC. The quantitative estimate of drug-likeness (QED) is 0.378. The Morgan fingerprint density at radius 3 is 2.92 bits per heavy atom. The minimum absolute atomic E-state index is 0.168. The van der Waals surface area contributed by atoms with Crippen molar-refractivity contribution >= 4 is 5.97 Å². The number of esters is 1. The monoisotopic (exact) mass is 184 g/mol. The predicted molar refractivity (Wildman–Crippen MR) is 49.3 cm³/mol. The van der Waals surface area contributed by atoms with Crippen molar-refractivity contribution in [1.82, 2.24) is 0 Å². The fourth-order valence-electron chi connectivity index (χ4n) is 1.30. The Kier molecular flexibility index (Phi) is 2.76. The lowest BCUT2D eigenvalue weighted by Gasteiger charge is -2.10. The normalized spacial score (nSPS) is 33.6. The highest BCUT2D eigenvalue weighted by Crippen LogP contribution is 2.43. The molecule has 0 radical (unpaired) electrons. The second-order valence-corrected chi connectivity index (χ2v) is 3.46. The average Bonchev–Trinajstić information content (AvgIpc) is 2.79. The molecule has 1 rings (SSSR count). The Balaban J connectivity index is 2.52. The number of epoxide rings is 1. The highest BCUT2D eigenvalue weighted by molar-refractivity contribution is 5.79. The lowest BCUT2D eigenvalue weighted by atomic mass is 9.92. The standard InChI is InChI=1S/C10H16O3/c1-5-7(3)10(4)8(13-10)9(11)12-6-2/h5,7-8H,1,6H2,2-4H3/t7?,8-,10-/m1/s1. The Hall–Kier alpha value is -0.830. The summed E-state index contributed by atoms with van der Waals surface area (Å²) >= 11 is 0. The van der Waals surface area contributed by atoms with E-state index in [0.717, 1.165) is 0 Å². The first-order chi connectivity index (χ1) is 6.06. The third-order valence-corrected chi connectivity index (χ3v) is 2.59. The van der Waals surface area contributed by atoms with Crippen molar-refractivity contribution in [2.75, 3.05) is 6.61 Å². The van der Waals surface area contributed by atoms with Crippen molar-refractivity contribution in [3.63, 3.8) is 0 Å². The van der Waals surface area contributed by atoms with Crippen LogP contribution in [0.3, 0.4) is 0 Å². The van der Waals surface area contributed by atoms with Crippen molar-refractivity contribution in [2.45, 2.75) is 32.5 Å². The summed E-state index contributed by atoms with van der Waals surface area (Å²) in [5.41, 5.74) is -0.395. The van der Waals surface area contributed by atoms with Gasteiger partial charge in [0.05, 0.1) is 6.61 Å². The molecule has 13 heavy (non-hydrogen) atoms. The molecule has 1 heterocycles. The van der Waals surface area contributed by atoms with Gasteiger partial charge in [-0.15, -0.1) is 6.58 Å². The van der Waals surface area contributed by atoms with Gasteiger partial charge in [0, 0.05) is 5.92 Å². The van der Waals surface area contributed by atoms with Gasteiger partial charge in [0.1, 0.15) is 5.60 Å². The van der Waals surface area contributed by atoms with Crippen LogP contribution in [-0.2, 0) is 14.3 Å². The molecule has 3 heteroatoms. The number of carbonyl (C=O) groups excluding carboxylic acids is 1. The molecule has 0 aromatic carbocycles. The maximum absolute atomic E-state index is 11.3. The summed E-state index contributed by atoms with van der Waals surface area (Å²) in [5.74, 6) is -0.0967. The molecule has 0 spiro atoms. The van der Waals surface area contributed by atoms with E-state index in [-0.39, 0.29) is 11.9 Å². The maximum atomic E-state index is 11.3. The van der Waals surface area contributed by atoms with E-state index in [0.29, 0.717) is 6.61 Å². The first kappa shape index (κ1) is 10.3. The molecule has 1 aliphatic rings. The predicted octanol–water partition coefficient (Wildman–Crippen LogP) is 1.53. The Bertz CT molecular complexity index is 224. The van der Waals surface area contributed by atoms with Crippen LogP contribution >= 0.6 is 0 Å². The number of ether oxygens (including phenoxy) is 2. The Morgan fingerprint density at radius 1 is 1.85 bits per heavy atom. The summed E-state index contributed by atoms with van der Waals surface area (Å²) in [5, 5.41) is 0. The van der Waals surface area contributed by atoms with Crippen molar-refractivity contribution in [3.05, 3.63) is 12.7 Å². The molecule has 1 unspecified atom stereocenters. The van der Waals surface area contributed by atoms with E-state index in [9.17, 15) is 4.79 Å². The first-order valence-corrected chi connectivity index (χ1v) is 4.53. The number of carbonyl (C=O) groups is 1. The van der Waals surface area contributed by atoms with Crippen LogP contribution in [0.2, 0.25) is 0 Å². The number of hydrogen-bond acceptors (Lipinski definition) is 3. The van der Waals surface area contributed by atoms with E-state index in [2.05, 4.69) is 6.58 Å². The zero-order chi connectivity index (χ0) is 10.1. The van der Waals surface area contributed by atoms with Gasteiger partial charge >= 0.3 is 5.97 Å².